The van der Waals surface area contributed by atoms with Crippen LogP contribution < -0.4 is 4.90 Å². The van der Waals surface area contributed by atoms with Gasteiger partial charge in [-0.15, -0.1) is 0 Å². The average molecular weight is 348 g/mol. The van der Waals surface area contributed by atoms with Gasteiger partial charge < -0.3 is 9.47 Å². The van der Waals surface area contributed by atoms with Crippen LogP contribution in [0.3, 0.4) is 0 Å². The number of fused-ring (bicyclic) bond motifs is 2. The number of aryl methyl sites for hydroxylation is 2. The third-order valence-corrected chi connectivity index (χ3v) is 4.52. The molecule has 0 N–H and O–H groups in total. The van der Waals surface area contributed by atoms with Crippen LogP contribution in [-0.4, -0.2) is 35.8 Å². The summed E-state index contributed by atoms with van der Waals surface area (Å²) in [6.07, 6.45) is 4.44. The molecule has 7 nitrogen and oxygen atoms in total. The Morgan fingerprint density at radius 3 is 2.90 bits per heavy atom. The summed E-state index contributed by atoms with van der Waals surface area (Å²) in [6, 6.07) is 0. The molecule has 0 atom stereocenters. The fraction of sp³-hybridized carbons (Fsp3) is 0.385. The molecule has 0 bridgehead atoms. The van der Waals surface area contributed by atoms with Crippen LogP contribution in [0.4, 0.5) is 5.82 Å². The first-order chi connectivity index (χ1) is 10.1. The number of halogens is 1. The SMILES string of the molecule is Cn1cnc2c1CCN(c1ncnc3c1c(Br)nn3C)C2. The summed E-state index contributed by atoms with van der Waals surface area (Å²) in [6.45, 7) is 1.68. The molecule has 0 saturated carbocycles. The summed E-state index contributed by atoms with van der Waals surface area (Å²) >= 11 is 3.51. The van der Waals surface area contributed by atoms with Gasteiger partial charge in [0.05, 0.1) is 24.0 Å². The van der Waals surface area contributed by atoms with Crippen molar-refractivity contribution in [1.29, 1.82) is 0 Å². The van der Waals surface area contributed by atoms with Crippen molar-refractivity contribution >= 4 is 32.8 Å². The first-order valence-corrected chi connectivity index (χ1v) is 7.51. The first-order valence-electron chi connectivity index (χ1n) is 6.72. The lowest BCUT2D eigenvalue weighted by atomic mass is 10.1. The number of anilines is 1. The second-order valence-electron chi connectivity index (χ2n) is 5.23. The van der Waals surface area contributed by atoms with E-state index in [1.807, 2.05) is 20.4 Å². The molecule has 1 aliphatic rings. The summed E-state index contributed by atoms with van der Waals surface area (Å²) in [7, 11) is 3.93. The Bertz CT molecular complexity index is 835. The normalized spacial score (nSPS) is 14.7. The maximum atomic E-state index is 4.49. The minimum absolute atomic E-state index is 0.767. The molecule has 0 amide bonds. The summed E-state index contributed by atoms with van der Waals surface area (Å²) < 4.78 is 4.64. The van der Waals surface area contributed by atoms with E-state index in [1.165, 1.54) is 5.69 Å². The smallest absolute Gasteiger partial charge is 0.164 e. The van der Waals surface area contributed by atoms with Crippen molar-refractivity contribution in [1.82, 2.24) is 29.3 Å². The van der Waals surface area contributed by atoms with Crippen molar-refractivity contribution < 1.29 is 0 Å². The van der Waals surface area contributed by atoms with Crippen molar-refractivity contribution in [2.75, 3.05) is 11.4 Å². The monoisotopic (exact) mass is 347 g/mol. The third-order valence-electron chi connectivity index (χ3n) is 3.96. The van der Waals surface area contributed by atoms with E-state index < -0.39 is 0 Å². The Labute approximate surface area is 129 Å². The van der Waals surface area contributed by atoms with Crippen LogP contribution in [-0.2, 0) is 27.1 Å². The minimum Gasteiger partial charge on any atom is -0.350 e. The van der Waals surface area contributed by atoms with Gasteiger partial charge in [-0.1, -0.05) is 0 Å². The summed E-state index contributed by atoms with van der Waals surface area (Å²) in [4.78, 5) is 15.5. The van der Waals surface area contributed by atoms with Gasteiger partial charge in [-0.2, -0.15) is 5.10 Å². The number of aromatic nitrogens is 6. The fourth-order valence-corrected chi connectivity index (χ4v) is 3.50. The van der Waals surface area contributed by atoms with Gasteiger partial charge in [-0.3, -0.25) is 0 Å². The van der Waals surface area contributed by atoms with E-state index in [0.717, 1.165) is 46.7 Å². The Hall–Kier alpha value is -1.96. The van der Waals surface area contributed by atoms with Crippen molar-refractivity contribution in [2.45, 2.75) is 13.0 Å². The Morgan fingerprint density at radius 2 is 2.05 bits per heavy atom. The molecule has 0 radical (unpaired) electrons. The highest BCUT2D eigenvalue weighted by molar-refractivity contribution is 9.10. The van der Waals surface area contributed by atoms with E-state index in [1.54, 1.807) is 11.0 Å². The average Bonchev–Trinajstić information content (AvgIpc) is 3.00. The summed E-state index contributed by atoms with van der Waals surface area (Å²) in [5.41, 5.74) is 3.26. The maximum Gasteiger partial charge on any atom is 0.164 e. The molecule has 0 aromatic carbocycles. The topological polar surface area (TPSA) is 64.7 Å². The van der Waals surface area contributed by atoms with Crippen LogP contribution in [0.2, 0.25) is 0 Å². The van der Waals surface area contributed by atoms with Crippen LogP contribution in [0, 0.1) is 0 Å². The van der Waals surface area contributed by atoms with Gasteiger partial charge in [-0.25, -0.2) is 19.6 Å². The van der Waals surface area contributed by atoms with Crippen LogP contribution in [0.15, 0.2) is 17.3 Å². The van der Waals surface area contributed by atoms with Crippen LogP contribution in [0.1, 0.15) is 11.4 Å². The van der Waals surface area contributed by atoms with Crippen LogP contribution in [0.5, 0.6) is 0 Å². The van der Waals surface area contributed by atoms with E-state index >= 15 is 0 Å². The fourth-order valence-electron chi connectivity index (χ4n) is 2.90. The van der Waals surface area contributed by atoms with E-state index in [2.05, 4.69) is 45.4 Å². The summed E-state index contributed by atoms with van der Waals surface area (Å²) in [5.74, 6) is 0.913. The van der Waals surface area contributed by atoms with Crippen molar-refractivity contribution in [3.63, 3.8) is 0 Å². The quantitative estimate of drug-likeness (QED) is 0.666. The molecule has 4 heterocycles. The molecule has 0 unspecified atom stereocenters. The predicted molar refractivity (Wildman–Crippen MR) is 82.0 cm³/mol. The Kier molecular flexibility index (Phi) is 2.75. The zero-order valence-corrected chi connectivity index (χ0v) is 13.4. The number of imidazole rings is 1. The standard InChI is InChI=1S/C13H14BrN7/c1-19-7-17-8-5-21(4-3-9(8)19)13-10-11(14)18-20(2)12(10)15-6-16-13/h6-7H,3-5H2,1-2H3. The second-order valence-corrected chi connectivity index (χ2v) is 5.98. The number of hydrogen-bond acceptors (Lipinski definition) is 5. The molecule has 3 aromatic rings. The molecule has 4 rings (SSSR count). The van der Waals surface area contributed by atoms with Crippen molar-refractivity contribution in [3.8, 4) is 0 Å². The van der Waals surface area contributed by atoms with Gasteiger partial charge in [0.25, 0.3) is 0 Å². The van der Waals surface area contributed by atoms with Gasteiger partial charge >= 0.3 is 0 Å². The zero-order valence-electron chi connectivity index (χ0n) is 11.8. The minimum atomic E-state index is 0.767. The van der Waals surface area contributed by atoms with Gasteiger partial charge in [0.2, 0.25) is 0 Å². The molecular weight excluding hydrogens is 334 g/mol. The van der Waals surface area contributed by atoms with E-state index in [0.29, 0.717) is 0 Å². The molecule has 8 heteroatoms. The van der Waals surface area contributed by atoms with Crippen LogP contribution >= 0.6 is 15.9 Å². The van der Waals surface area contributed by atoms with Gasteiger partial charge in [-0.05, 0) is 15.9 Å². The molecule has 0 fully saturated rings. The number of rotatable bonds is 1. The summed E-state index contributed by atoms with van der Waals surface area (Å²) in [5, 5.41) is 5.34. The predicted octanol–water partition coefficient (Wildman–Crippen LogP) is 1.42. The molecule has 108 valence electrons. The highest BCUT2D eigenvalue weighted by Gasteiger charge is 2.24. The molecule has 0 aliphatic carbocycles. The Balaban J connectivity index is 1.81. The highest BCUT2D eigenvalue weighted by Crippen LogP contribution is 2.31. The van der Waals surface area contributed by atoms with E-state index in [9.17, 15) is 0 Å². The van der Waals surface area contributed by atoms with E-state index in [-0.39, 0.29) is 0 Å². The lowest BCUT2D eigenvalue weighted by Crippen LogP contribution is -2.32. The van der Waals surface area contributed by atoms with E-state index in [4.69, 9.17) is 0 Å². The molecule has 21 heavy (non-hydrogen) atoms. The van der Waals surface area contributed by atoms with Crippen molar-refractivity contribution in [2.24, 2.45) is 14.1 Å². The maximum absolute atomic E-state index is 4.49. The highest BCUT2D eigenvalue weighted by atomic mass is 79.9. The second kappa shape index (κ2) is 4.52. The van der Waals surface area contributed by atoms with Crippen molar-refractivity contribution in [3.05, 3.63) is 28.6 Å². The zero-order chi connectivity index (χ0) is 14.6. The number of nitrogens with zero attached hydrogens (tertiary/aromatic N) is 7. The van der Waals surface area contributed by atoms with Gasteiger partial charge in [0, 0.05) is 32.8 Å². The molecule has 0 saturated heterocycles. The third kappa shape index (κ3) is 1.85. The number of hydrogen-bond donors (Lipinski definition) is 0. The first kappa shape index (κ1) is 12.8. The molecule has 0 spiro atoms. The van der Waals surface area contributed by atoms with Gasteiger partial charge in [0.15, 0.2) is 5.65 Å². The molecular formula is C13H14BrN7. The lowest BCUT2D eigenvalue weighted by Gasteiger charge is -2.28. The molecule has 3 aromatic heterocycles. The largest absolute Gasteiger partial charge is 0.350 e. The van der Waals surface area contributed by atoms with Crippen LogP contribution in [0.25, 0.3) is 11.0 Å². The lowest BCUT2D eigenvalue weighted by molar-refractivity contribution is 0.677. The van der Waals surface area contributed by atoms with Gasteiger partial charge in [0.1, 0.15) is 16.7 Å². The molecule has 1 aliphatic heterocycles. The Morgan fingerprint density at radius 1 is 1.19 bits per heavy atom.